The summed E-state index contributed by atoms with van der Waals surface area (Å²) in [4.78, 5) is 11.2. The first-order chi connectivity index (χ1) is 11.0. The van der Waals surface area contributed by atoms with E-state index in [0.29, 0.717) is 31.2 Å². The van der Waals surface area contributed by atoms with Gasteiger partial charge < -0.3 is 20.5 Å². The molecule has 1 heterocycles. The lowest BCUT2D eigenvalue weighted by Crippen LogP contribution is -2.36. The van der Waals surface area contributed by atoms with Crippen LogP contribution in [-0.2, 0) is 4.79 Å². The highest BCUT2D eigenvalue weighted by Gasteiger charge is 2.30. The Hall–Kier alpha value is -1.89. The first kappa shape index (κ1) is 16.0. The SMILES string of the molecule is NC(=O)C1CC(c2ccc(OC(F)F)c(OCC3CC3)c2)CN1. The summed E-state index contributed by atoms with van der Waals surface area (Å²) in [7, 11) is 0. The van der Waals surface area contributed by atoms with E-state index < -0.39 is 6.61 Å². The van der Waals surface area contributed by atoms with Crippen LogP contribution >= 0.6 is 0 Å². The average molecular weight is 326 g/mol. The molecule has 2 aliphatic rings. The molecular formula is C16H20F2N2O3. The molecule has 126 valence electrons. The van der Waals surface area contributed by atoms with E-state index in [1.807, 2.05) is 0 Å². The number of benzene rings is 1. The quantitative estimate of drug-likeness (QED) is 0.804. The van der Waals surface area contributed by atoms with Gasteiger partial charge in [-0.05, 0) is 48.8 Å². The number of nitrogens with two attached hydrogens (primary N) is 1. The predicted molar refractivity (Wildman–Crippen MR) is 79.6 cm³/mol. The third-order valence-corrected chi connectivity index (χ3v) is 4.30. The molecular weight excluding hydrogens is 306 g/mol. The molecule has 1 saturated heterocycles. The minimum Gasteiger partial charge on any atom is -0.489 e. The zero-order valence-corrected chi connectivity index (χ0v) is 12.6. The Morgan fingerprint density at radius 2 is 2.13 bits per heavy atom. The Balaban J connectivity index is 1.75. The molecule has 3 rings (SSSR count). The van der Waals surface area contributed by atoms with Crippen LogP contribution in [0.2, 0.25) is 0 Å². The average Bonchev–Trinajstić information content (AvgIpc) is 3.19. The molecule has 2 atom stereocenters. The Morgan fingerprint density at radius 1 is 1.35 bits per heavy atom. The zero-order chi connectivity index (χ0) is 16.4. The van der Waals surface area contributed by atoms with Gasteiger partial charge in [-0.1, -0.05) is 6.07 Å². The van der Waals surface area contributed by atoms with Crippen LogP contribution in [0.4, 0.5) is 8.78 Å². The van der Waals surface area contributed by atoms with Crippen molar-refractivity contribution in [2.75, 3.05) is 13.2 Å². The van der Waals surface area contributed by atoms with E-state index in [9.17, 15) is 13.6 Å². The summed E-state index contributed by atoms with van der Waals surface area (Å²) in [6.07, 6.45) is 2.81. The number of carbonyl (C=O) groups is 1. The lowest BCUT2D eigenvalue weighted by Gasteiger charge is -2.16. The fraction of sp³-hybridized carbons (Fsp3) is 0.562. The van der Waals surface area contributed by atoms with Gasteiger partial charge in [0.05, 0.1) is 12.6 Å². The fourth-order valence-electron chi connectivity index (χ4n) is 2.78. The third-order valence-electron chi connectivity index (χ3n) is 4.30. The van der Waals surface area contributed by atoms with E-state index in [0.717, 1.165) is 18.4 Å². The van der Waals surface area contributed by atoms with E-state index in [4.69, 9.17) is 10.5 Å². The predicted octanol–water partition coefficient (Wildman–Crippen LogP) is 2.01. The van der Waals surface area contributed by atoms with Gasteiger partial charge in [-0.2, -0.15) is 8.78 Å². The highest BCUT2D eigenvalue weighted by atomic mass is 19.3. The van der Waals surface area contributed by atoms with Crippen molar-refractivity contribution < 1.29 is 23.0 Å². The summed E-state index contributed by atoms with van der Waals surface area (Å²) in [6.45, 7) is -1.77. The van der Waals surface area contributed by atoms with Crippen LogP contribution in [0.25, 0.3) is 0 Å². The fourth-order valence-corrected chi connectivity index (χ4v) is 2.78. The summed E-state index contributed by atoms with van der Waals surface area (Å²) in [5, 5.41) is 3.06. The van der Waals surface area contributed by atoms with Crippen LogP contribution in [0.15, 0.2) is 18.2 Å². The summed E-state index contributed by atoms with van der Waals surface area (Å²) in [5.74, 6) is 0.594. The molecule has 0 spiro atoms. The lowest BCUT2D eigenvalue weighted by molar-refractivity contribution is -0.119. The Bertz CT molecular complexity index is 578. The van der Waals surface area contributed by atoms with E-state index in [1.54, 1.807) is 12.1 Å². The highest BCUT2D eigenvalue weighted by Crippen LogP contribution is 2.37. The van der Waals surface area contributed by atoms with Crippen molar-refractivity contribution in [3.8, 4) is 11.5 Å². The monoisotopic (exact) mass is 326 g/mol. The molecule has 0 bridgehead atoms. The molecule has 1 aliphatic heterocycles. The van der Waals surface area contributed by atoms with Crippen LogP contribution in [0, 0.1) is 5.92 Å². The Labute approximate surface area is 133 Å². The van der Waals surface area contributed by atoms with Crippen molar-refractivity contribution in [1.82, 2.24) is 5.32 Å². The van der Waals surface area contributed by atoms with E-state index >= 15 is 0 Å². The third kappa shape index (κ3) is 4.10. The highest BCUT2D eigenvalue weighted by molar-refractivity contribution is 5.80. The number of ether oxygens (including phenoxy) is 2. The molecule has 2 fully saturated rings. The number of nitrogens with one attached hydrogen (secondary N) is 1. The van der Waals surface area contributed by atoms with Gasteiger partial charge >= 0.3 is 6.61 Å². The van der Waals surface area contributed by atoms with Gasteiger partial charge in [-0.25, -0.2) is 0 Å². The number of rotatable bonds is 7. The number of amides is 1. The Kier molecular flexibility index (Phi) is 4.66. The van der Waals surface area contributed by atoms with Crippen LogP contribution in [-0.4, -0.2) is 31.7 Å². The molecule has 1 aliphatic carbocycles. The lowest BCUT2D eigenvalue weighted by atomic mass is 9.96. The minimum absolute atomic E-state index is 0.0433. The molecule has 1 aromatic rings. The summed E-state index contributed by atoms with van der Waals surface area (Å²) >= 11 is 0. The molecule has 0 aromatic heterocycles. The first-order valence-electron chi connectivity index (χ1n) is 7.77. The molecule has 23 heavy (non-hydrogen) atoms. The number of hydrogen-bond acceptors (Lipinski definition) is 4. The maximum Gasteiger partial charge on any atom is 0.387 e. The van der Waals surface area contributed by atoms with Crippen molar-refractivity contribution in [2.45, 2.75) is 37.8 Å². The summed E-state index contributed by atoms with van der Waals surface area (Å²) in [6, 6.07) is 4.61. The smallest absolute Gasteiger partial charge is 0.387 e. The van der Waals surface area contributed by atoms with Crippen LogP contribution in [0.3, 0.4) is 0 Å². The molecule has 3 N–H and O–H groups in total. The minimum atomic E-state index is -2.89. The second-order valence-corrected chi connectivity index (χ2v) is 6.13. The van der Waals surface area contributed by atoms with Gasteiger partial charge in [0.15, 0.2) is 11.5 Å². The molecule has 5 nitrogen and oxygen atoms in total. The second-order valence-electron chi connectivity index (χ2n) is 6.13. The molecule has 1 saturated carbocycles. The largest absolute Gasteiger partial charge is 0.489 e. The van der Waals surface area contributed by atoms with Gasteiger partial charge in [0, 0.05) is 6.54 Å². The molecule has 2 unspecified atom stereocenters. The van der Waals surface area contributed by atoms with E-state index in [2.05, 4.69) is 10.1 Å². The topological polar surface area (TPSA) is 73.6 Å². The standard InChI is InChI=1S/C16H20F2N2O3/c17-16(18)23-13-4-3-10(6-14(13)22-8-9-1-2-9)11-5-12(15(19)21)20-7-11/h3-4,6,9,11-12,16,20H,1-2,5,7-8H2,(H2,19,21). The van der Waals surface area contributed by atoms with Gasteiger partial charge in [0.2, 0.25) is 5.91 Å². The number of halogens is 2. The number of primary amides is 1. The van der Waals surface area contributed by atoms with Gasteiger partial charge in [0.25, 0.3) is 0 Å². The molecule has 1 amide bonds. The van der Waals surface area contributed by atoms with Crippen molar-refractivity contribution >= 4 is 5.91 Å². The number of hydrogen-bond donors (Lipinski definition) is 2. The number of carbonyl (C=O) groups excluding carboxylic acids is 1. The van der Waals surface area contributed by atoms with Crippen molar-refractivity contribution in [2.24, 2.45) is 11.7 Å². The van der Waals surface area contributed by atoms with Gasteiger partial charge in [-0.15, -0.1) is 0 Å². The van der Waals surface area contributed by atoms with Crippen molar-refractivity contribution in [3.05, 3.63) is 23.8 Å². The summed E-state index contributed by atoms with van der Waals surface area (Å²) in [5.41, 5.74) is 6.23. The zero-order valence-electron chi connectivity index (χ0n) is 12.6. The van der Waals surface area contributed by atoms with Gasteiger partial charge in [0.1, 0.15) is 0 Å². The maximum absolute atomic E-state index is 12.5. The first-order valence-corrected chi connectivity index (χ1v) is 7.77. The van der Waals surface area contributed by atoms with E-state index in [1.165, 1.54) is 6.07 Å². The van der Waals surface area contributed by atoms with Crippen molar-refractivity contribution in [1.29, 1.82) is 0 Å². The number of alkyl halides is 2. The van der Waals surface area contributed by atoms with Crippen LogP contribution in [0.5, 0.6) is 11.5 Å². The Morgan fingerprint density at radius 3 is 2.74 bits per heavy atom. The maximum atomic E-state index is 12.5. The van der Waals surface area contributed by atoms with Crippen LogP contribution in [0.1, 0.15) is 30.7 Å². The molecule has 1 aromatic carbocycles. The van der Waals surface area contributed by atoms with Crippen molar-refractivity contribution in [3.63, 3.8) is 0 Å². The summed E-state index contributed by atoms with van der Waals surface area (Å²) < 4.78 is 35.2. The molecule has 0 radical (unpaired) electrons. The van der Waals surface area contributed by atoms with Gasteiger partial charge in [-0.3, -0.25) is 4.79 Å². The molecule has 7 heteroatoms. The normalized spacial score (nSPS) is 24.0. The second kappa shape index (κ2) is 6.70. The van der Waals surface area contributed by atoms with Crippen LogP contribution < -0.4 is 20.5 Å². The van der Waals surface area contributed by atoms with E-state index in [-0.39, 0.29) is 23.6 Å².